The van der Waals surface area contributed by atoms with Crippen molar-refractivity contribution >= 4 is 22.7 Å². The molecule has 0 aliphatic heterocycles. The highest BCUT2D eigenvalue weighted by molar-refractivity contribution is 7.13. The minimum Gasteiger partial charge on any atom is -0.493 e. The third-order valence-electron chi connectivity index (χ3n) is 3.70. The summed E-state index contributed by atoms with van der Waals surface area (Å²) in [4.78, 5) is 4.30. The highest BCUT2D eigenvalue weighted by Crippen LogP contribution is 2.28. The number of thiazole rings is 1. The fraction of sp³-hybridized carbons (Fsp3) is 0.200. The molecule has 1 heterocycles. The smallest absolute Gasteiger partial charge is 0.203 e. The number of nitrogens with zero attached hydrogens (tertiary/aromatic N) is 2. The number of hydrogen-bond acceptors (Lipinski definition) is 6. The van der Waals surface area contributed by atoms with Crippen LogP contribution >= 0.6 is 11.3 Å². The molecule has 0 aliphatic rings. The van der Waals surface area contributed by atoms with Crippen LogP contribution in [-0.4, -0.2) is 18.3 Å². The number of nitrogens with one attached hydrogen (secondary N) is 1. The summed E-state index contributed by atoms with van der Waals surface area (Å²) in [5.74, 6) is 1.37. The van der Waals surface area contributed by atoms with Crippen LogP contribution < -0.4 is 14.9 Å². The van der Waals surface area contributed by atoms with Gasteiger partial charge >= 0.3 is 0 Å². The van der Waals surface area contributed by atoms with Gasteiger partial charge < -0.3 is 9.47 Å². The molecule has 0 fully saturated rings. The second kappa shape index (κ2) is 8.49. The van der Waals surface area contributed by atoms with Crippen molar-refractivity contribution in [1.82, 2.24) is 4.98 Å². The fourth-order valence-electron chi connectivity index (χ4n) is 2.30. The summed E-state index contributed by atoms with van der Waals surface area (Å²) >= 11 is 1.52. The number of benzene rings is 2. The molecule has 0 unspecified atom stereocenters. The first-order valence-electron chi connectivity index (χ1n) is 8.21. The molecule has 3 rings (SSSR count). The third-order valence-corrected chi connectivity index (χ3v) is 4.56. The third kappa shape index (κ3) is 4.83. The molecule has 0 saturated carbocycles. The number of hydrazone groups is 1. The largest absolute Gasteiger partial charge is 0.493 e. The molecule has 0 amide bonds. The first-order chi connectivity index (χ1) is 12.6. The number of rotatable bonds is 7. The van der Waals surface area contributed by atoms with Crippen LogP contribution in [0.15, 0.2) is 52.9 Å². The van der Waals surface area contributed by atoms with Crippen molar-refractivity contribution in [3.05, 3.63) is 70.2 Å². The molecule has 0 spiro atoms. The average Bonchev–Trinajstić information content (AvgIpc) is 3.06. The second-order valence-corrected chi connectivity index (χ2v) is 6.71. The SMILES string of the molecule is COc1ccc(C=NNc2nc(C)cs2)cc1OCc1ccc(C)cc1. The van der Waals surface area contributed by atoms with Crippen molar-refractivity contribution < 1.29 is 9.47 Å². The van der Waals surface area contributed by atoms with Crippen molar-refractivity contribution in [2.24, 2.45) is 5.10 Å². The molecule has 3 aromatic rings. The number of anilines is 1. The summed E-state index contributed by atoms with van der Waals surface area (Å²) in [5.41, 5.74) is 7.15. The molecular formula is C20H21N3O2S. The van der Waals surface area contributed by atoms with Gasteiger partial charge in [-0.2, -0.15) is 5.10 Å². The van der Waals surface area contributed by atoms with Crippen LogP contribution in [0.3, 0.4) is 0 Å². The normalized spacial score (nSPS) is 10.9. The standard InChI is InChI=1S/C20H21N3O2S/c1-14-4-6-16(7-5-14)12-25-19-10-17(8-9-18(19)24-3)11-21-23-20-22-15(2)13-26-20/h4-11,13H,12H2,1-3H3,(H,22,23). The van der Waals surface area contributed by atoms with Crippen LogP contribution in [0.4, 0.5) is 5.13 Å². The Morgan fingerprint density at radius 3 is 2.62 bits per heavy atom. The van der Waals surface area contributed by atoms with E-state index in [4.69, 9.17) is 9.47 Å². The predicted octanol–water partition coefficient (Wildman–Crippen LogP) is 4.79. The van der Waals surface area contributed by atoms with E-state index in [0.29, 0.717) is 18.1 Å². The maximum atomic E-state index is 5.95. The molecule has 26 heavy (non-hydrogen) atoms. The van der Waals surface area contributed by atoms with Gasteiger partial charge in [-0.1, -0.05) is 29.8 Å². The maximum Gasteiger partial charge on any atom is 0.203 e. The Hall–Kier alpha value is -2.86. The molecule has 0 atom stereocenters. The van der Waals surface area contributed by atoms with Gasteiger partial charge in [0.2, 0.25) is 5.13 Å². The summed E-state index contributed by atoms with van der Waals surface area (Å²) in [6.07, 6.45) is 1.73. The lowest BCUT2D eigenvalue weighted by atomic mass is 10.1. The van der Waals surface area contributed by atoms with Gasteiger partial charge in [-0.15, -0.1) is 11.3 Å². The quantitative estimate of drug-likeness (QED) is 0.482. The summed E-state index contributed by atoms with van der Waals surface area (Å²) in [7, 11) is 1.63. The highest BCUT2D eigenvalue weighted by atomic mass is 32.1. The summed E-state index contributed by atoms with van der Waals surface area (Å²) in [6, 6.07) is 14.0. The summed E-state index contributed by atoms with van der Waals surface area (Å²) < 4.78 is 11.3. The Balaban J connectivity index is 1.68. The van der Waals surface area contributed by atoms with Gasteiger partial charge in [0.25, 0.3) is 0 Å². The lowest BCUT2D eigenvalue weighted by Crippen LogP contribution is -1.99. The summed E-state index contributed by atoms with van der Waals surface area (Å²) in [6.45, 7) is 4.50. The van der Waals surface area contributed by atoms with E-state index in [1.165, 1.54) is 16.9 Å². The minimum absolute atomic E-state index is 0.480. The lowest BCUT2D eigenvalue weighted by Gasteiger charge is -2.11. The zero-order valence-electron chi connectivity index (χ0n) is 15.0. The van der Waals surface area contributed by atoms with E-state index in [9.17, 15) is 0 Å². The number of ether oxygens (including phenoxy) is 2. The van der Waals surface area contributed by atoms with E-state index in [0.717, 1.165) is 22.0 Å². The molecule has 134 valence electrons. The van der Waals surface area contributed by atoms with Crippen LogP contribution in [0, 0.1) is 13.8 Å². The van der Waals surface area contributed by atoms with Crippen LogP contribution in [0.5, 0.6) is 11.5 Å². The topological polar surface area (TPSA) is 55.7 Å². The van der Waals surface area contributed by atoms with Crippen molar-refractivity contribution in [1.29, 1.82) is 0 Å². The molecule has 1 N–H and O–H groups in total. The number of aromatic nitrogens is 1. The number of aryl methyl sites for hydroxylation is 2. The summed E-state index contributed by atoms with van der Waals surface area (Å²) in [5, 5.41) is 6.97. The van der Waals surface area contributed by atoms with Crippen molar-refractivity contribution in [2.45, 2.75) is 20.5 Å². The van der Waals surface area contributed by atoms with Gasteiger partial charge in [0, 0.05) is 5.38 Å². The monoisotopic (exact) mass is 367 g/mol. The molecule has 0 saturated heterocycles. The van der Waals surface area contributed by atoms with Gasteiger partial charge in [-0.25, -0.2) is 4.98 Å². The Labute approximate surface area is 157 Å². The molecule has 0 radical (unpaired) electrons. The Bertz CT molecular complexity index is 888. The van der Waals surface area contributed by atoms with Crippen LogP contribution in [0.2, 0.25) is 0 Å². The number of methoxy groups -OCH3 is 1. The molecule has 0 aliphatic carbocycles. The molecule has 0 bridgehead atoms. The van der Waals surface area contributed by atoms with Crippen LogP contribution in [0.1, 0.15) is 22.4 Å². The molecule has 6 heteroatoms. The Kier molecular flexibility index (Phi) is 5.86. The van der Waals surface area contributed by atoms with Crippen molar-refractivity contribution in [3.63, 3.8) is 0 Å². The second-order valence-electron chi connectivity index (χ2n) is 5.85. The van der Waals surface area contributed by atoms with E-state index in [1.54, 1.807) is 13.3 Å². The van der Waals surface area contributed by atoms with Crippen molar-refractivity contribution in [2.75, 3.05) is 12.5 Å². The van der Waals surface area contributed by atoms with E-state index < -0.39 is 0 Å². The fourth-order valence-corrected chi connectivity index (χ4v) is 2.94. The van der Waals surface area contributed by atoms with E-state index in [2.05, 4.69) is 46.7 Å². The molecular weight excluding hydrogens is 346 g/mol. The predicted molar refractivity (Wildman–Crippen MR) is 107 cm³/mol. The van der Waals surface area contributed by atoms with Crippen LogP contribution in [-0.2, 0) is 6.61 Å². The molecule has 5 nitrogen and oxygen atoms in total. The zero-order valence-corrected chi connectivity index (χ0v) is 15.8. The van der Waals surface area contributed by atoms with Crippen LogP contribution in [0.25, 0.3) is 0 Å². The first-order valence-corrected chi connectivity index (χ1v) is 9.09. The van der Waals surface area contributed by atoms with Gasteiger partial charge in [0.05, 0.1) is 19.0 Å². The minimum atomic E-state index is 0.480. The molecule has 2 aromatic carbocycles. The van der Waals surface area contributed by atoms with E-state index in [1.807, 2.05) is 30.5 Å². The van der Waals surface area contributed by atoms with Gasteiger partial charge in [0.15, 0.2) is 11.5 Å². The van der Waals surface area contributed by atoms with Gasteiger partial charge in [-0.3, -0.25) is 5.43 Å². The Morgan fingerprint density at radius 2 is 1.92 bits per heavy atom. The lowest BCUT2D eigenvalue weighted by molar-refractivity contribution is 0.284. The zero-order chi connectivity index (χ0) is 18.4. The van der Waals surface area contributed by atoms with E-state index >= 15 is 0 Å². The Morgan fingerprint density at radius 1 is 1.12 bits per heavy atom. The van der Waals surface area contributed by atoms with Crippen molar-refractivity contribution in [3.8, 4) is 11.5 Å². The van der Waals surface area contributed by atoms with E-state index in [-0.39, 0.29) is 0 Å². The first kappa shape index (κ1) is 17.9. The van der Waals surface area contributed by atoms with Gasteiger partial charge in [-0.05, 0) is 43.2 Å². The highest BCUT2D eigenvalue weighted by Gasteiger charge is 2.06. The number of hydrogen-bond donors (Lipinski definition) is 1. The maximum absolute atomic E-state index is 5.95. The average molecular weight is 367 g/mol. The van der Waals surface area contributed by atoms with Gasteiger partial charge in [0.1, 0.15) is 6.61 Å². The molecule has 1 aromatic heterocycles.